The van der Waals surface area contributed by atoms with Crippen LogP contribution >= 0.6 is 0 Å². The molecule has 0 aliphatic carbocycles. The van der Waals surface area contributed by atoms with Gasteiger partial charge in [-0.15, -0.1) is 0 Å². The summed E-state index contributed by atoms with van der Waals surface area (Å²) in [4.78, 5) is 0. The Kier molecular flexibility index (Phi) is 10.3. The first-order valence-corrected chi connectivity index (χ1v) is 11.8. The normalized spacial score (nSPS) is 17.3. The van der Waals surface area contributed by atoms with E-state index in [0.717, 1.165) is 25.9 Å². The van der Waals surface area contributed by atoms with Crippen molar-refractivity contribution in [3.05, 3.63) is 12.8 Å². The molecule has 0 rings (SSSR count). The second-order valence-electron chi connectivity index (χ2n) is 6.83. The van der Waals surface area contributed by atoms with E-state index in [4.69, 9.17) is 18.6 Å². The summed E-state index contributed by atoms with van der Waals surface area (Å²) in [5.74, 6) is 0. The van der Waals surface area contributed by atoms with Crippen LogP contribution in [0.4, 0.5) is 0 Å². The van der Waals surface area contributed by atoms with E-state index in [-0.39, 0.29) is 10.8 Å². The highest BCUT2D eigenvalue weighted by Gasteiger charge is 2.48. The monoisotopic (exact) mass is 346 g/mol. The third-order valence-electron chi connectivity index (χ3n) is 4.92. The summed E-state index contributed by atoms with van der Waals surface area (Å²) in [5.41, 5.74) is -0.196. The zero-order chi connectivity index (χ0) is 18.0. The third-order valence-corrected chi connectivity index (χ3v) is 8.96. The van der Waals surface area contributed by atoms with E-state index >= 15 is 0 Å². The summed E-state index contributed by atoms with van der Waals surface area (Å²) in [6.07, 6.45) is 4.22. The lowest BCUT2D eigenvalue weighted by atomic mass is 10.0. The first-order valence-electron chi connectivity index (χ1n) is 8.84. The van der Waals surface area contributed by atoms with Crippen molar-refractivity contribution in [2.75, 3.05) is 26.4 Å². The zero-order valence-corrected chi connectivity index (χ0v) is 17.4. The summed E-state index contributed by atoms with van der Waals surface area (Å²) in [6.45, 7) is 21.4. The molecule has 0 bridgehead atoms. The average Bonchev–Trinajstić information content (AvgIpc) is 2.51. The topological polar surface area (TPSA) is 36.9 Å². The van der Waals surface area contributed by atoms with Gasteiger partial charge >= 0.3 is 0 Å². The van der Waals surface area contributed by atoms with E-state index in [1.54, 1.807) is 0 Å². The van der Waals surface area contributed by atoms with Gasteiger partial charge in [-0.25, -0.2) is 0 Å². The molecule has 138 valence electrons. The number of hydrogen-bond acceptors (Lipinski definition) is 4. The van der Waals surface area contributed by atoms with E-state index in [0.29, 0.717) is 19.8 Å². The van der Waals surface area contributed by atoms with Gasteiger partial charge in [0, 0.05) is 13.0 Å². The minimum absolute atomic E-state index is 0.196. The minimum Gasteiger partial charge on any atom is -0.502 e. The Morgan fingerprint density at radius 2 is 1.65 bits per heavy atom. The van der Waals surface area contributed by atoms with Crippen LogP contribution in [0.15, 0.2) is 12.8 Å². The fourth-order valence-electron chi connectivity index (χ4n) is 2.55. The number of rotatable bonds is 14. The molecule has 2 atom stereocenters. The summed E-state index contributed by atoms with van der Waals surface area (Å²) in [7, 11) is -2.09. The van der Waals surface area contributed by atoms with Crippen LogP contribution in [0, 0.1) is 0 Å². The molecule has 0 saturated carbocycles. The molecule has 0 N–H and O–H groups in total. The fraction of sp³-hybridized carbons (Fsp3) is 0.889. The van der Waals surface area contributed by atoms with Gasteiger partial charge in [0.2, 0.25) is 8.32 Å². The fourth-order valence-corrected chi connectivity index (χ4v) is 5.55. The molecule has 0 amide bonds. The number of hydrogen-bond donors (Lipinski definition) is 0. The summed E-state index contributed by atoms with van der Waals surface area (Å²) in [6, 6.07) is 0. The maximum absolute atomic E-state index is 6.69. The van der Waals surface area contributed by atoms with Gasteiger partial charge in [0.1, 0.15) is 0 Å². The Balaban J connectivity index is 4.88. The Morgan fingerprint density at radius 3 is 2.13 bits per heavy atom. The van der Waals surface area contributed by atoms with Gasteiger partial charge in [-0.1, -0.05) is 20.4 Å². The quantitative estimate of drug-likeness (QED) is 0.260. The van der Waals surface area contributed by atoms with Gasteiger partial charge in [-0.2, -0.15) is 0 Å². The van der Waals surface area contributed by atoms with Crippen molar-refractivity contribution in [2.24, 2.45) is 0 Å². The van der Waals surface area contributed by atoms with Gasteiger partial charge in [0.15, 0.2) is 0 Å². The SMILES string of the molecule is C=COCCC(C)(CC)O[Si](C)(C)C(C)(CC)OCCOCC. The highest BCUT2D eigenvalue weighted by atomic mass is 28.4. The molecule has 23 heavy (non-hydrogen) atoms. The van der Waals surface area contributed by atoms with Gasteiger partial charge in [0.25, 0.3) is 0 Å². The van der Waals surface area contributed by atoms with E-state index in [9.17, 15) is 0 Å². The molecule has 5 heteroatoms. The van der Waals surface area contributed by atoms with Crippen LogP contribution in [-0.2, 0) is 18.6 Å². The predicted octanol–water partition coefficient (Wildman–Crippen LogP) is 4.69. The van der Waals surface area contributed by atoms with Gasteiger partial charge in [-0.05, 0) is 46.7 Å². The molecular weight excluding hydrogens is 308 g/mol. The minimum atomic E-state index is -2.09. The second-order valence-corrected chi connectivity index (χ2v) is 11.1. The maximum Gasteiger partial charge on any atom is 0.218 e. The van der Waals surface area contributed by atoms with E-state index in [1.807, 2.05) is 6.92 Å². The molecular formula is C18H38O4Si. The molecule has 0 aliphatic heterocycles. The molecule has 0 radical (unpaired) electrons. The first kappa shape index (κ1) is 22.6. The molecule has 0 aromatic carbocycles. The maximum atomic E-state index is 6.69. The van der Waals surface area contributed by atoms with Crippen molar-refractivity contribution in [2.45, 2.75) is 77.8 Å². The van der Waals surface area contributed by atoms with Crippen LogP contribution < -0.4 is 0 Å². The average molecular weight is 347 g/mol. The van der Waals surface area contributed by atoms with Gasteiger partial charge in [0.05, 0.1) is 36.9 Å². The lowest BCUT2D eigenvalue weighted by Crippen LogP contribution is -2.60. The molecule has 2 unspecified atom stereocenters. The molecule has 0 heterocycles. The largest absolute Gasteiger partial charge is 0.502 e. The lowest BCUT2D eigenvalue weighted by molar-refractivity contribution is -0.0433. The van der Waals surface area contributed by atoms with Crippen LogP contribution in [0.25, 0.3) is 0 Å². The standard InChI is InChI=1S/C18H38O4Si/c1-9-17(5,13-14-19-11-3)22-23(7,8)18(6,10-2)21-16-15-20-12-4/h11H,3,9-10,12-16H2,1-2,4-8H3. The summed E-state index contributed by atoms with van der Waals surface area (Å²) in [5, 5.41) is -0.236. The van der Waals surface area contributed by atoms with Gasteiger partial charge in [-0.3, -0.25) is 0 Å². The van der Waals surface area contributed by atoms with Gasteiger partial charge < -0.3 is 18.6 Å². The van der Waals surface area contributed by atoms with E-state index in [1.165, 1.54) is 6.26 Å². The molecule has 0 aromatic rings. The van der Waals surface area contributed by atoms with Crippen LogP contribution in [0.2, 0.25) is 13.1 Å². The highest BCUT2D eigenvalue weighted by molar-refractivity contribution is 6.74. The van der Waals surface area contributed by atoms with Crippen molar-refractivity contribution in [3.63, 3.8) is 0 Å². The zero-order valence-electron chi connectivity index (χ0n) is 16.4. The van der Waals surface area contributed by atoms with Crippen molar-refractivity contribution in [1.82, 2.24) is 0 Å². The van der Waals surface area contributed by atoms with Crippen molar-refractivity contribution in [1.29, 1.82) is 0 Å². The van der Waals surface area contributed by atoms with Crippen LogP contribution in [0.1, 0.15) is 53.9 Å². The van der Waals surface area contributed by atoms with E-state index in [2.05, 4.69) is 47.4 Å². The molecule has 0 aliphatic rings. The summed E-state index contributed by atoms with van der Waals surface area (Å²) >= 11 is 0. The van der Waals surface area contributed by atoms with Crippen LogP contribution in [0.5, 0.6) is 0 Å². The van der Waals surface area contributed by atoms with Crippen molar-refractivity contribution in [3.8, 4) is 0 Å². The van der Waals surface area contributed by atoms with Crippen molar-refractivity contribution < 1.29 is 18.6 Å². The van der Waals surface area contributed by atoms with E-state index < -0.39 is 8.32 Å². The molecule has 0 fully saturated rings. The smallest absolute Gasteiger partial charge is 0.218 e. The third kappa shape index (κ3) is 7.37. The highest BCUT2D eigenvalue weighted by Crippen LogP contribution is 2.35. The molecule has 4 nitrogen and oxygen atoms in total. The molecule has 0 saturated heterocycles. The lowest BCUT2D eigenvalue weighted by Gasteiger charge is -2.46. The Labute approximate surface area is 144 Å². The molecule has 0 spiro atoms. The predicted molar refractivity (Wildman–Crippen MR) is 99.2 cm³/mol. The van der Waals surface area contributed by atoms with Crippen LogP contribution in [-0.4, -0.2) is 45.6 Å². The molecule has 0 aromatic heterocycles. The summed E-state index contributed by atoms with van der Waals surface area (Å²) < 4.78 is 23.6. The Morgan fingerprint density at radius 1 is 1.00 bits per heavy atom. The first-order chi connectivity index (χ1) is 10.7. The van der Waals surface area contributed by atoms with Crippen LogP contribution in [0.3, 0.4) is 0 Å². The Hall–Kier alpha value is -0.363. The Bertz CT molecular complexity index is 335. The second kappa shape index (κ2) is 10.5. The van der Waals surface area contributed by atoms with Crippen molar-refractivity contribution >= 4 is 8.32 Å². The number of ether oxygens (including phenoxy) is 3.